The van der Waals surface area contributed by atoms with E-state index in [1.54, 1.807) is 4.80 Å². The Morgan fingerprint density at radius 2 is 1.86 bits per heavy atom. The molecule has 1 heterocycles. The summed E-state index contributed by atoms with van der Waals surface area (Å²) in [4.78, 5) is 1.68. The first-order valence-electron chi connectivity index (χ1n) is 7.15. The molecule has 1 unspecified atom stereocenters. The summed E-state index contributed by atoms with van der Waals surface area (Å²) in [7, 11) is 0. The Bertz CT molecular complexity index is 762. The molecule has 0 saturated carbocycles. The van der Waals surface area contributed by atoms with Gasteiger partial charge in [0.25, 0.3) is 0 Å². The second-order valence-electron chi connectivity index (χ2n) is 5.27. The van der Waals surface area contributed by atoms with Crippen LogP contribution in [0, 0.1) is 13.8 Å². The van der Waals surface area contributed by atoms with Crippen molar-refractivity contribution in [1.82, 2.24) is 20.2 Å². The van der Waals surface area contributed by atoms with E-state index < -0.39 is 0 Å². The van der Waals surface area contributed by atoms with Gasteiger partial charge in [0.1, 0.15) is 6.04 Å². The number of fused-ring (bicyclic) bond motifs is 1. The fourth-order valence-electron chi connectivity index (χ4n) is 2.75. The van der Waals surface area contributed by atoms with Crippen LogP contribution in [0.1, 0.15) is 29.4 Å². The molecule has 0 spiro atoms. The number of aromatic nitrogens is 4. The van der Waals surface area contributed by atoms with Crippen molar-refractivity contribution in [1.29, 1.82) is 0 Å². The van der Waals surface area contributed by atoms with Crippen LogP contribution in [0.5, 0.6) is 0 Å². The average Bonchev–Trinajstić information content (AvgIpc) is 2.92. The van der Waals surface area contributed by atoms with Crippen LogP contribution in [0.3, 0.4) is 0 Å². The van der Waals surface area contributed by atoms with E-state index in [1.165, 1.54) is 21.9 Å². The first-order chi connectivity index (χ1) is 10.2. The number of benzene rings is 2. The van der Waals surface area contributed by atoms with Crippen LogP contribution in [0.4, 0.5) is 0 Å². The molecule has 108 valence electrons. The van der Waals surface area contributed by atoms with Gasteiger partial charge in [-0.1, -0.05) is 36.4 Å². The second kappa shape index (κ2) is 5.61. The number of aryl methyl sites for hydroxylation is 2. The minimum absolute atomic E-state index is 0.0155. The lowest BCUT2D eigenvalue weighted by Gasteiger charge is -2.18. The van der Waals surface area contributed by atoms with Gasteiger partial charge in [0, 0.05) is 0 Å². The molecule has 1 atom stereocenters. The lowest BCUT2D eigenvalue weighted by molar-refractivity contribution is 0.432. The monoisotopic (exact) mass is 281 g/mol. The van der Waals surface area contributed by atoms with E-state index in [0.29, 0.717) is 12.4 Å². The second-order valence-corrected chi connectivity index (χ2v) is 5.27. The Hall–Kier alpha value is -2.27. The van der Waals surface area contributed by atoms with Gasteiger partial charge in [-0.05, 0) is 53.9 Å². The number of tetrazole rings is 1. The van der Waals surface area contributed by atoms with Gasteiger partial charge in [0.05, 0.1) is 0 Å². The quantitative estimate of drug-likeness (QED) is 0.797. The normalized spacial score (nSPS) is 12.7. The van der Waals surface area contributed by atoms with Crippen molar-refractivity contribution in [2.75, 3.05) is 6.54 Å². The first kappa shape index (κ1) is 13.7. The summed E-state index contributed by atoms with van der Waals surface area (Å²) in [6, 6.07) is 12.7. The summed E-state index contributed by atoms with van der Waals surface area (Å²) in [5.74, 6) is 0.674. The van der Waals surface area contributed by atoms with Crippen LogP contribution < -0.4 is 5.73 Å². The molecule has 21 heavy (non-hydrogen) atoms. The van der Waals surface area contributed by atoms with Gasteiger partial charge in [0.2, 0.25) is 0 Å². The van der Waals surface area contributed by atoms with E-state index in [1.807, 2.05) is 6.92 Å². The predicted molar refractivity (Wildman–Crippen MR) is 83.0 cm³/mol. The van der Waals surface area contributed by atoms with E-state index in [2.05, 4.69) is 58.7 Å². The van der Waals surface area contributed by atoms with Crippen LogP contribution in [0.15, 0.2) is 36.4 Å². The summed E-state index contributed by atoms with van der Waals surface area (Å²) < 4.78 is 0. The summed E-state index contributed by atoms with van der Waals surface area (Å²) in [6.07, 6.45) is 0.781. The summed E-state index contributed by atoms with van der Waals surface area (Å²) in [5.41, 5.74) is 8.26. The third-order valence-corrected chi connectivity index (χ3v) is 3.78. The van der Waals surface area contributed by atoms with Gasteiger partial charge in [-0.25, -0.2) is 0 Å². The maximum absolute atomic E-state index is 5.80. The molecule has 3 rings (SSSR count). The maximum Gasteiger partial charge on any atom is 0.171 e. The highest BCUT2D eigenvalue weighted by atomic mass is 15.6. The summed E-state index contributed by atoms with van der Waals surface area (Å²) >= 11 is 0. The highest BCUT2D eigenvalue weighted by Crippen LogP contribution is 2.30. The van der Waals surface area contributed by atoms with Gasteiger partial charge < -0.3 is 5.73 Å². The molecule has 0 radical (unpaired) electrons. The smallest absolute Gasteiger partial charge is 0.171 e. The van der Waals surface area contributed by atoms with Gasteiger partial charge in [-0.3, -0.25) is 0 Å². The Kier molecular flexibility index (Phi) is 3.66. The summed E-state index contributed by atoms with van der Waals surface area (Å²) in [5, 5.41) is 15.0. The average molecular weight is 281 g/mol. The van der Waals surface area contributed by atoms with Crippen molar-refractivity contribution in [3.05, 3.63) is 53.3 Å². The minimum Gasteiger partial charge on any atom is -0.330 e. The largest absolute Gasteiger partial charge is 0.330 e. The first-order valence-corrected chi connectivity index (χ1v) is 7.15. The Labute approximate surface area is 123 Å². The van der Waals surface area contributed by atoms with E-state index in [9.17, 15) is 0 Å². The highest BCUT2D eigenvalue weighted by molar-refractivity contribution is 5.88. The van der Waals surface area contributed by atoms with Crippen molar-refractivity contribution in [3.8, 4) is 0 Å². The molecule has 0 aliphatic rings. The molecule has 0 amide bonds. The van der Waals surface area contributed by atoms with Crippen LogP contribution in [-0.2, 0) is 0 Å². The van der Waals surface area contributed by atoms with Crippen LogP contribution >= 0.6 is 0 Å². The lowest BCUT2D eigenvalue weighted by atomic mass is 9.94. The van der Waals surface area contributed by atoms with Crippen molar-refractivity contribution >= 4 is 10.8 Å². The zero-order valence-corrected chi connectivity index (χ0v) is 12.3. The van der Waals surface area contributed by atoms with Crippen molar-refractivity contribution in [2.45, 2.75) is 26.3 Å². The zero-order valence-electron chi connectivity index (χ0n) is 12.3. The molecular weight excluding hydrogens is 262 g/mol. The van der Waals surface area contributed by atoms with Crippen molar-refractivity contribution in [3.63, 3.8) is 0 Å². The fraction of sp³-hybridized carbons (Fsp3) is 0.312. The molecule has 0 aliphatic heterocycles. The van der Waals surface area contributed by atoms with Crippen molar-refractivity contribution < 1.29 is 0 Å². The standard InChI is InChI=1S/C16H19N5/c1-11-7-8-15(14-6-4-3-5-13(11)14)16(9-10-17)21-19-12(2)18-20-21/h3-8,16H,9-10,17H2,1-2H3. The van der Waals surface area contributed by atoms with E-state index >= 15 is 0 Å². The van der Waals surface area contributed by atoms with Gasteiger partial charge >= 0.3 is 0 Å². The molecule has 5 heteroatoms. The summed E-state index contributed by atoms with van der Waals surface area (Å²) in [6.45, 7) is 4.55. The van der Waals surface area contributed by atoms with E-state index in [-0.39, 0.29) is 6.04 Å². The van der Waals surface area contributed by atoms with Crippen molar-refractivity contribution in [2.24, 2.45) is 5.73 Å². The topological polar surface area (TPSA) is 69.6 Å². The number of rotatable bonds is 4. The number of hydrogen-bond donors (Lipinski definition) is 1. The van der Waals surface area contributed by atoms with Gasteiger partial charge in [0.15, 0.2) is 5.82 Å². The Morgan fingerprint density at radius 3 is 2.52 bits per heavy atom. The maximum atomic E-state index is 5.80. The van der Waals surface area contributed by atoms with E-state index in [4.69, 9.17) is 5.73 Å². The molecular formula is C16H19N5. The minimum atomic E-state index is 0.0155. The number of nitrogens with two attached hydrogens (primary N) is 1. The molecule has 0 saturated heterocycles. The van der Waals surface area contributed by atoms with Gasteiger partial charge in [-0.15, -0.1) is 10.2 Å². The highest BCUT2D eigenvalue weighted by Gasteiger charge is 2.18. The molecule has 2 aromatic carbocycles. The molecule has 2 N–H and O–H groups in total. The SMILES string of the molecule is Cc1nnn(C(CCN)c2ccc(C)c3ccccc23)n1. The number of nitrogens with zero attached hydrogens (tertiary/aromatic N) is 4. The third-order valence-electron chi connectivity index (χ3n) is 3.78. The zero-order chi connectivity index (χ0) is 14.8. The van der Waals surface area contributed by atoms with Gasteiger partial charge in [-0.2, -0.15) is 4.80 Å². The molecule has 0 aliphatic carbocycles. The van der Waals surface area contributed by atoms with E-state index in [0.717, 1.165) is 6.42 Å². The molecule has 1 aromatic heterocycles. The molecule has 5 nitrogen and oxygen atoms in total. The fourth-order valence-corrected chi connectivity index (χ4v) is 2.75. The van der Waals surface area contributed by atoms with Crippen LogP contribution in [0.2, 0.25) is 0 Å². The lowest BCUT2D eigenvalue weighted by Crippen LogP contribution is -2.18. The van der Waals surface area contributed by atoms with Crippen LogP contribution in [0.25, 0.3) is 10.8 Å². The third kappa shape index (κ3) is 2.52. The Balaban J connectivity index is 2.18. The number of hydrogen-bond acceptors (Lipinski definition) is 4. The van der Waals surface area contributed by atoms with Crippen LogP contribution in [-0.4, -0.2) is 26.8 Å². The Morgan fingerprint density at radius 1 is 1.10 bits per heavy atom. The molecule has 0 fully saturated rings. The molecule has 3 aromatic rings. The molecule has 0 bridgehead atoms. The predicted octanol–water partition coefficient (Wildman–Crippen LogP) is 2.38.